The Kier molecular flexibility index (Phi) is 3.53. The monoisotopic (exact) mass is 189 g/mol. The molecule has 0 aromatic heterocycles. The molecule has 14 heavy (non-hydrogen) atoms. The quantitative estimate of drug-likeness (QED) is 0.732. The summed E-state index contributed by atoms with van der Waals surface area (Å²) in [6.07, 6.45) is 0.406. The van der Waals surface area contributed by atoms with E-state index < -0.39 is 0 Å². The summed E-state index contributed by atoms with van der Waals surface area (Å²) in [6.45, 7) is 4.24. The fourth-order valence-electron chi connectivity index (χ4n) is 1.53. The van der Waals surface area contributed by atoms with Gasteiger partial charge in [-0.05, 0) is 11.5 Å². The van der Waals surface area contributed by atoms with Crippen LogP contribution in [0.1, 0.15) is 30.9 Å². The second-order valence-corrected chi connectivity index (χ2v) is 3.53. The average Bonchev–Trinajstić information content (AvgIpc) is 2.18. The van der Waals surface area contributed by atoms with Crippen LogP contribution >= 0.6 is 0 Å². The van der Waals surface area contributed by atoms with E-state index in [1.165, 1.54) is 5.56 Å². The van der Waals surface area contributed by atoms with Crippen molar-refractivity contribution in [2.75, 3.05) is 7.11 Å². The molecule has 1 aromatic carbocycles. The molecule has 0 amide bonds. The Morgan fingerprint density at radius 2 is 2.14 bits per heavy atom. The molecule has 0 bridgehead atoms. The Morgan fingerprint density at radius 1 is 1.43 bits per heavy atom. The van der Waals surface area contributed by atoms with E-state index in [-0.39, 0.29) is 0 Å². The summed E-state index contributed by atoms with van der Waals surface area (Å²) < 4.78 is 5.34. The number of benzene rings is 1. The first-order chi connectivity index (χ1) is 6.70. The molecule has 74 valence electrons. The van der Waals surface area contributed by atoms with Crippen LogP contribution in [0.5, 0.6) is 5.75 Å². The minimum Gasteiger partial charge on any atom is -0.496 e. The van der Waals surface area contributed by atoms with Gasteiger partial charge in [-0.25, -0.2) is 0 Å². The molecule has 0 aliphatic carbocycles. The summed E-state index contributed by atoms with van der Waals surface area (Å²) in [5.74, 6) is 1.28. The number of hydrogen-bond donors (Lipinski definition) is 0. The molecule has 0 N–H and O–H groups in total. The Balaban J connectivity index is 3.19. The summed E-state index contributed by atoms with van der Waals surface area (Å²) in [7, 11) is 1.65. The molecule has 0 aliphatic heterocycles. The summed E-state index contributed by atoms with van der Waals surface area (Å²) in [4.78, 5) is 0. The van der Waals surface area contributed by atoms with E-state index in [0.717, 1.165) is 11.3 Å². The van der Waals surface area contributed by atoms with Crippen LogP contribution in [0.3, 0.4) is 0 Å². The van der Waals surface area contributed by atoms with Gasteiger partial charge in [0.2, 0.25) is 0 Å². The first-order valence-electron chi connectivity index (χ1n) is 4.73. The molecule has 0 unspecified atom stereocenters. The number of methoxy groups -OCH3 is 1. The molecular formula is C12H15NO. The summed E-state index contributed by atoms with van der Waals surface area (Å²) in [6, 6.07) is 8.11. The molecule has 0 fully saturated rings. The van der Waals surface area contributed by atoms with Crippen LogP contribution < -0.4 is 4.74 Å². The normalized spacial score (nSPS) is 9.93. The van der Waals surface area contributed by atoms with Gasteiger partial charge in [-0.15, -0.1) is 0 Å². The van der Waals surface area contributed by atoms with Crippen LogP contribution in [0.15, 0.2) is 18.2 Å². The van der Waals surface area contributed by atoms with E-state index in [1.54, 1.807) is 7.11 Å². The summed E-state index contributed by atoms with van der Waals surface area (Å²) in [5, 5.41) is 8.66. The highest BCUT2D eigenvalue weighted by Crippen LogP contribution is 2.29. The molecular weight excluding hydrogens is 174 g/mol. The van der Waals surface area contributed by atoms with E-state index in [2.05, 4.69) is 19.9 Å². The molecule has 0 saturated carbocycles. The van der Waals surface area contributed by atoms with Crippen molar-refractivity contribution in [3.05, 3.63) is 29.3 Å². The topological polar surface area (TPSA) is 33.0 Å². The molecule has 1 aromatic rings. The highest BCUT2D eigenvalue weighted by atomic mass is 16.5. The maximum Gasteiger partial charge on any atom is 0.126 e. The lowest BCUT2D eigenvalue weighted by Gasteiger charge is -2.14. The zero-order valence-electron chi connectivity index (χ0n) is 8.87. The lowest BCUT2D eigenvalue weighted by Crippen LogP contribution is -1.98. The third kappa shape index (κ3) is 2.05. The van der Waals surface area contributed by atoms with Crippen molar-refractivity contribution in [2.24, 2.45) is 0 Å². The smallest absolute Gasteiger partial charge is 0.126 e. The van der Waals surface area contributed by atoms with Gasteiger partial charge in [-0.2, -0.15) is 5.26 Å². The van der Waals surface area contributed by atoms with Crippen molar-refractivity contribution in [1.82, 2.24) is 0 Å². The minimum atomic E-state index is 0.406. The maximum absolute atomic E-state index is 8.66. The molecule has 0 atom stereocenters. The van der Waals surface area contributed by atoms with E-state index in [9.17, 15) is 0 Å². The predicted molar refractivity (Wildman–Crippen MR) is 56.4 cm³/mol. The Labute approximate surface area is 85.1 Å². The second kappa shape index (κ2) is 4.66. The van der Waals surface area contributed by atoms with E-state index in [1.807, 2.05) is 18.2 Å². The molecule has 2 heteroatoms. The number of nitriles is 1. The van der Waals surface area contributed by atoms with Crippen molar-refractivity contribution < 1.29 is 4.74 Å². The van der Waals surface area contributed by atoms with E-state index >= 15 is 0 Å². The Bertz CT molecular complexity index is 350. The first kappa shape index (κ1) is 10.6. The molecule has 0 spiro atoms. The fourth-order valence-corrected chi connectivity index (χ4v) is 1.53. The van der Waals surface area contributed by atoms with Gasteiger partial charge < -0.3 is 4.74 Å². The number of nitrogens with zero attached hydrogens (tertiary/aromatic N) is 1. The van der Waals surface area contributed by atoms with Gasteiger partial charge in [0.25, 0.3) is 0 Å². The van der Waals surface area contributed by atoms with Crippen molar-refractivity contribution in [2.45, 2.75) is 26.2 Å². The Hall–Kier alpha value is -1.49. The SMILES string of the molecule is COc1c(CC#N)cccc1C(C)C. The number of ether oxygens (including phenoxy) is 1. The lowest BCUT2D eigenvalue weighted by atomic mass is 9.98. The third-order valence-corrected chi connectivity index (χ3v) is 2.22. The van der Waals surface area contributed by atoms with Crippen molar-refractivity contribution in [3.63, 3.8) is 0 Å². The van der Waals surface area contributed by atoms with Gasteiger partial charge in [0, 0.05) is 5.56 Å². The van der Waals surface area contributed by atoms with Gasteiger partial charge in [-0.1, -0.05) is 32.0 Å². The third-order valence-electron chi connectivity index (χ3n) is 2.22. The fraction of sp³-hybridized carbons (Fsp3) is 0.417. The summed E-state index contributed by atoms with van der Waals surface area (Å²) in [5.41, 5.74) is 2.14. The lowest BCUT2D eigenvalue weighted by molar-refractivity contribution is 0.403. The largest absolute Gasteiger partial charge is 0.496 e. The molecule has 1 rings (SSSR count). The number of rotatable bonds is 3. The zero-order chi connectivity index (χ0) is 10.6. The van der Waals surface area contributed by atoms with Crippen LogP contribution in [0.25, 0.3) is 0 Å². The van der Waals surface area contributed by atoms with E-state index in [4.69, 9.17) is 10.00 Å². The minimum absolute atomic E-state index is 0.406. The van der Waals surface area contributed by atoms with Crippen molar-refractivity contribution in [1.29, 1.82) is 5.26 Å². The van der Waals surface area contributed by atoms with Crippen LogP contribution in [-0.2, 0) is 6.42 Å². The first-order valence-corrected chi connectivity index (χ1v) is 4.73. The predicted octanol–water partition coefficient (Wildman–Crippen LogP) is 2.88. The molecule has 0 aliphatic rings. The zero-order valence-corrected chi connectivity index (χ0v) is 8.87. The molecule has 2 nitrogen and oxygen atoms in total. The molecule has 0 radical (unpaired) electrons. The molecule has 0 saturated heterocycles. The maximum atomic E-state index is 8.66. The number of para-hydroxylation sites is 1. The van der Waals surface area contributed by atoms with Crippen molar-refractivity contribution >= 4 is 0 Å². The molecule has 0 heterocycles. The van der Waals surface area contributed by atoms with Crippen LogP contribution in [0, 0.1) is 11.3 Å². The highest BCUT2D eigenvalue weighted by Gasteiger charge is 2.10. The van der Waals surface area contributed by atoms with Gasteiger partial charge >= 0.3 is 0 Å². The van der Waals surface area contributed by atoms with Gasteiger partial charge in [0.15, 0.2) is 0 Å². The van der Waals surface area contributed by atoms with Crippen molar-refractivity contribution in [3.8, 4) is 11.8 Å². The second-order valence-electron chi connectivity index (χ2n) is 3.53. The van der Waals surface area contributed by atoms with Crippen LogP contribution in [-0.4, -0.2) is 7.11 Å². The van der Waals surface area contributed by atoms with Crippen LogP contribution in [0.4, 0.5) is 0 Å². The standard InChI is InChI=1S/C12H15NO/c1-9(2)11-6-4-5-10(7-8-13)12(11)14-3/h4-6,9H,7H2,1-3H3. The number of hydrogen-bond acceptors (Lipinski definition) is 2. The van der Waals surface area contributed by atoms with Gasteiger partial charge in [-0.3, -0.25) is 0 Å². The highest BCUT2D eigenvalue weighted by molar-refractivity contribution is 5.44. The van der Waals surface area contributed by atoms with Crippen LogP contribution in [0.2, 0.25) is 0 Å². The Morgan fingerprint density at radius 3 is 2.64 bits per heavy atom. The van der Waals surface area contributed by atoms with Gasteiger partial charge in [0.05, 0.1) is 19.6 Å². The summed E-state index contributed by atoms with van der Waals surface area (Å²) >= 11 is 0. The van der Waals surface area contributed by atoms with E-state index in [0.29, 0.717) is 12.3 Å². The average molecular weight is 189 g/mol. The van der Waals surface area contributed by atoms with Gasteiger partial charge in [0.1, 0.15) is 5.75 Å².